The summed E-state index contributed by atoms with van der Waals surface area (Å²) in [5, 5.41) is 5.86. The maximum atomic E-state index is 13.8. The van der Waals surface area contributed by atoms with Crippen molar-refractivity contribution >= 4 is 34.9 Å². The van der Waals surface area contributed by atoms with Crippen LogP contribution in [0.3, 0.4) is 0 Å². The topological polar surface area (TPSA) is 75.2 Å². The Bertz CT molecular complexity index is 1230. The molecule has 0 bridgehead atoms. The number of nitrogens with zero attached hydrogens (tertiary/aromatic N) is 3. The standard InChI is InChI=1S/C25H24F2N4O2S2/c1-2-12-34-24-19(4-3-9-28-24)25(33)31-10-7-16(8-11-31)23-30-21(15-35-23)22(32)29-14-17-5-6-18(26)13-20(17)27/h2-6,9,13,15-16H,1,7-8,10-12,14H2,(H,29,32). The maximum Gasteiger partial charge on any atom is 0.271 e. The largest absolute Gasteiger partial charge is 0.346 e. The molecule has 3 aromatic rings. The predicted molar refractivity (Wildman–Crippen MR) is 133 cm³/mol. The van der Waals surface area contributed by atoms with E-state index in [1.54, 1.807) is 29.8 Å². The molecule has 0 atom stereocenters. The first-order chi connectivity index (χ1) is 17.0. The Morgan fingerprint density at radius 3 is 2.80 bits per heavy atom. The minimum Gasteiger partial charge on any atom is -0.346 e. The van der Waals surface area contributed by atoms with Gasteiger partial charge in [0.2, 0.25) is 0 Å². The molecule has 1 aromatic carbocycles. The van der Waals surface area contributed by atoms with Crippen molar-refractivity contribution < 1.29 is 18.4 Å². The summed E-state index contributed by atoms with van der Waals surface area (Å²) in [4.78, 5) is 36.2. The van der Waals surface area contributed by atoms with E-state index in [1.807, 2.05) is 4.90 Å². The number of piperidine rings is 1. The van der Waals surface area contributed by atoms with Crippen LogP contribution in [0.5, 0.6) is 0 Å². The van der Waals surface area contributed by atoms with Crippen LogP contribution in [0.25, 0.3) is 0 Å². The lowest BCUT2D eigenvalue weighted by Crippen LogP contribution is -2.38. The van der Waals surface area contributed by atoms with Crippen molar-refractivity contribution in [2.24, 2.45) is 0 Å². The van der Waals surface area contributed by atoms with Crippen molar-refractivity contribution in [1.29, 1.82) is 0 Å². The lowest BCUT2D eigenvalue weighted by atomic mass is 9.97. The monoisotopic (exact) mass is 514 g/mol. The van der Waals surface area contributed by atoms with Crippen LogP contribution < -0.4 is 5.32 Å². The highest BCUT2D eigenvalue weighted by atomic mass is 32.2. The van der Waals surface area contributed by atoms with Gasteiger partial charge in [0.1, 0.15) is 22.4 Å². The number of hydrogen-bond donors (Lipinski definition) is 1. The zero-order chi connectivity index (χ0) is 24.8. The van der Waals surface area contributed by atoms with Gasteiger partial charge in [-0.15, -0.1) is 29.7 Å². The summed E-state index contributed by atoms with van der Waals surface area (Å²) >= 11 is 2.89. The van der Waals surface area contributed by atoms with Crippen LogP contribution in [0, 0.1) is 11.6 Å². The molecule has 3 heterocycles. The van der Waals surface area contributed by atoms with Crippen LogP contribution in [0.15, 0.2) is 59.6 Å². The van der Waals surface area contributed by atoms with Crippen molar-refractivity contribution in [3.8, 4) is 0 Å². The van der Waals surface area contributed by atoms with Gasteiger partial charge in [0.05, 0.1) is 10.6 Å². The van der Waals surface area contributed by atoms with E-state index in [0.29, 0.717) is 29.4 Å². The fraction of sp³-hybridized carbons (Fsp3) is 0.280. The molecular formula is C25H24F2N4O2S2. The number of halogens is 2. The molecule has 0 unspecified atom stereocenters. The average Bonchev–Trinajstić information content (AvgIpc) is 3.37. The van der Waals surface area contributed by atoms with E-state index in [4.69, 9.17) is 0 Å². The van der Waals surface area contributed by atoms with Gasteiger partial charge < -0.3 is 10.2 Å². The number of thioether (sulfide) groups is 1. The molecule has 1 saturated heterocycles. The number of benzene rings is 1. The van der Waals surface area contributed by atoms with Crippen LogP contribution in [-0.2, 0) is 6.54 Å². The molecular weight excluding hydrogens is 490 g/mol. The molecule has 182 valence electrons. The van der Waals surface area contributed by atoms with E-state index in [2.05, 4.69) is 21.9 Å². The summed E-state index contributed by atoms with van der Waals surface area (Å²) < 4.78 is 26.8. The van der Waals surface area contributed by atoms with Gasteiger partial charge >= 0.3 is 0 Å². The molecule has 4 rings (SSSR count). The van der Waals surface area contributed by atoms with E-state index < -0.39 is 17.5 Å². The second-order valence-electron chi connectivity index (χ2n) is 8.01. The van der Waals surface area contributed by atoms with E-state index in [9.17, 15) is 18.4 Å². The molecule has 1 aliphatic heterocycles. The quantitative estimate of drug-likeness (QED) is 0.337. The van der Waals surface area contributed by atoms with E-state index in [0.717, 1.165) is 30.0 Å². The first kappa shape index (κ1) is 25.0. The molecule has 6 nitrogen and oxygen atoms in total. The lowest BCUT2D eigenvalue weighted by Gasteiger charge is -2.31. The summed E-state index contributed by atoms with van der Waals surface area (Å²) in [6.45, 7) is 4.85. The Balaban J connectivity index is 1.32. The van der Waals surface area contributed by atoms with Crippen LogP contribution >= 0.6 is 23.1 Å². The van der Waals surface area contributed by atoms with Crippen molar-refractivity contribution in [1.82, 2.24) is 20.2 Å². The van der Waals surface area contributed by atoms with Gasteiger partial charge in [-0.25, -0.2) is 18.7 Å². The SMILES string of the molecule is C=CCSc1ncccc1C(=O)N1CCC(c2nc(C(=O)NCc3ccc(F)cc3F)cs2)CC1. The minimum absolute atomic E-state index is 0.0321. The Labute approximate surface area is 210 Å². The van der Waals surface area contributed by atoms with Crippen molar-refractivity contribution in [2.45, 2.75) is 30.3 Å². The number of thiazole rings is 1. The van der Waals surface area contributed by atoms with Crippen LogP contribution in [0.1, 0.15) is 50.2 Å². The van der Waals surface area contributed by atoms with Crippen molar-refractivity contribution in [3.05, 3.63) is 88.0 Å². The zero-order valence-corrected chi connectivity index (χ0v) is 20.5. The highest BCUT2D eigenvalue weighted by molar-refractivity contribution is 7.99. The number of aromatic nitrogens is 2. The molecule has 0 saturated carbocycles. The number of nitrogens with one attached hydrogen (secondary N) is 1. The molecule has 1 N–H and O–H groups in total. The highest BCUT2D eigenvalue weighted by Gasteiger charge is 2.28. The number of carbonyl (C=O) groups is 2. The fourth-order valence-corrected chi connectivity index (χ4v) is 5.51. The van der Waals surface area contributed by atoms with Crippen LogP contribution in [0.4, 0.5) is 8.78 Å². The maximum absolute atomic E-state index is 13.8. The highest BCUT2D eigenvalue weighted by Crippen LogP contribution is 2.31. The number of likely N-dealkylation sites (tertiary alicyclic amines) is 1. The summed E-state index contributed by atoms with van der Waals surface area (Å²) in [7, 11) is 0. The summed E-state index contributed by atoms with van der Waals surface area (Å²) in [5.74, 6) is -0.979. The summed E-state index contributed by atoms with van der Waals surface area (Å²) in [6.07, 6.45) is 4.95. The Morgan fingerprint density at radius 1 is 1.26 bits per heavy atom. The smallest absolute Gasteiger partial charge is 0.271 e. The van der Waals surface area contributed by atoms with E-state index in [-0.39, 0.29) is 29.6 Å². The van der Waals surface area contributed by atoms with Gasteiger partial charge in [-0.2, -0.15) is 0 Å². The summed E-state index contributed by atoms with van der Waals surface area (Å²) in [5.41, 5.74) is 1.07. The molecule has 2 amide bonds. The molecule has 35 heavy (non-hydrogen) atoms. The molecule has 10 heteroatoms. The number of carbonyl (C=O) groups excluding carboxylic acids is 2. The molecule has 1 aliphatic rings. The van der Waals surface area contributed by atoms with E-state index in [1.165, 1.54) is 29.2 Å². The third kappa shape index (κ3) is 6.12. The Morgan fingerprint density at radius 2 is 2.06 bits per heavy atom. The fourth-order valence-electron chi connectivity index (χ4n) is 3.82. The molecule has 2 aromatic heterocycles. The van der Waals surface area contributed by atoms with Crippen LogP contribution in [-0.4, -0.2) is 45.5 Å². The van der Waals surface area contributed by atoms with Gasteiger partial charge in [0, 0.05) is 54.5 Å². The van der Waals surface area contributed by atoms with E-state index >= 15 is 0 Å². The Hall–Kier alpha value is -3.11. The predicted octanol–water partition coefficient (Wildman–Crippen LogP) is 5.04. The van der Waals surface area contributed by atoms with Gasteiger partial charge in [-0.3, -0.25) is 9.59 Å². The molecule has 1 fully saturated rings. The molecule has 0 aliphatic carbocycles. The van der Waals surface area contributed by atoms with Gasteiger partial charge in [-0.05, 0) is 31.0 Å². The lowest BCUT2D eigenvalue weighted by molar-refractivity contribution is 0.0708. The number of amides is 2. The number of hydrogen-bond acceptors (Lipinski definition) is 6. The first-order valence-corrected chi connectivity index (χ1v) is 13.0. The molecule has 0 spiro atoms. The minimum atomic E-state index is -0.705. The van der Waals surface area contributed by atoms with Gasteiger partial charge in [-0.1, -0.05) is 12.1 Å². The second kappa shape index (κ2) is 11.5. The third-order valence-corrected chi connectivity index (χ3v) is 7.69. The van der Waals surface area contributed by atoms with Crippen molar-refractivity contribution in [3.63, 3.8) is 0 Å². The number of pyridine rings is 1. The first-order valence-electron chi connectivity index (χ1n) is 11.1. The van der Waals surface area contributed by atoms with Crippen molar-refractivity contribution in [2.75, 3.05) is 18.8 Å². The molecule has 0 radical (unpaired) electrons. The summed E-state index contributed by atoms with van der Waals surface area (Å²) in [6, 6.07) is 6.81. The zero-order valence-electron chi connectivity index (χ0n) is 18.9. The number of rotatable bonds is 8. The second-order valence-corrected chi connectivity index (χ2v) is 9.91. The van der Waals surface area contributed by atoms with Gasteiger partial charge in [0.15, 0.2) is 0 Å². The van der Waals surface area contributed by atoms with Crippen LogP contribution in [0.2, 0.25) is 0 Å². The normalized spacial score (nSPS) is 14.1. The Kier molecular flexibility index (Phi) is 8.25. The third-order valence-electron chi connectivity index (χ3n) is 5.68. The van der Waals surface area contributed by atoms with Gasteiger partial charge in [0.25, 0.3) is 11.8 Å². The average molecular weight is 515 g/mol.